The largest absolute Gasteiger partial charge is 0.282 e. The van der Waals surface area contributed by atoms with E-state index in [4.69, 9.17) is 0 Å². The van der Waals surface area contributed by atoms with E-state index in [2.05, 4.69) is 0 Å². The smallest absolute Gasteiger partial charge is 0.185 e. The minimum absolute atomic E-state index is 0.456. The van der Waals surface area contributed by atoms with Crippen molar-refractivity contribution in [2.75, 3.05) is 6.54 Å². The molecular formula is C5H7F4N. The maximum atomic E-state index is 12.2. The topological polar surface area (TPSA) is 12.0 Å². The van der Waals surface area contributed by atoms with Crippen LogP contribution >= 0.6 is 0 Å². The Morgan fingerprint density at radius 2 is 1.60 bits per heavy atom. The van der Waals surface area contributed by atoms with Gasteiger partial charge in [-0.3, -0.25) is 5.32 Å². The van der Waals surface area contributed by atoms with Crippen molar-refractivity contribution in [1.29, 1.82) is 0 Å². The summed E-state index contributed by atoms with van der Waals surface area (Å²) >= 11 is 0. The molecule has 0 amide bonds. The number of hydrogen-bond acceptors (Lipinski definition) is 1. The fourth-order valence-corrected chi connectivity index (χ4v) is 0.811. The Morgan fingerprint density at radius 1 is 1.00 bits per heavy atom. The van der Waals surface area contributed by atoms with Gasteiger partial charge in [0.2, 0.25) is 0 Å². The van der Waals surface area contributed by atoms with Gasteiger partial charge in [0.15, 0.2) is 18.6 Å². The molecular weight excluding hydrogens is 150 g/mol. The van der Waals surface area contributed by atoms with Crippen LogP contribution in [0.15, 0.2) is 0 Å². The fourth-order valence-electron chi connectivity index (χ4n) is 0.811. The van der Waals surface area contributed by atoms with Crippen molar-refractivity contribution in [3.05, 3.63) is 0 Å². The summed E-state index contributed by atoms with van der Waals surface area (Å²) in [5.74, 6) is 0. The number of piperidine rings is 1. The number of rotatable bonds is 0. The van der Waals surface area contributed by atoms with Crippen LogP contribution < -0.4 is 5.32 Å². The molecule has 1 N–H and O–H groups in total. The molecule has 1 nitrogen and oxygen atoms in total. The lowest BCUT2D eigenvalue weighted by atomic mass is 10.1. The highest BCUT2D eigenvalue weighted by Crippen LogP contribution is 2.19. The Kier molecular flexibility index (Phi) is 2.13. The van der Waals surface area contributed by atoms with Gasteiger partial charge < -0.3 is 0 Å². The summed E-state index contributed by atoms with van der Waals surface area (Å²) in [4.78, 5) is 0. The molecule has 1 aliphatic rings. The molecule has 4 atom stereocenters. The number of nitrogens with one attached hydrogen (secondary N) is 1. The molecule has 0 aliphatic carbocycles. The van der Waals surface area contributed by atoms with Crippen molar-refractivity contribution >= 4 is 0 Å². The Labute approximate surface area is 55.4 Å². The summed E-state index contributed by atoms with van der Waals surface area (Å²) in [5, 5.41) is 1.86. The first-order valence-electron chi connectivity index (χ1n) is 2.92. The van der Waals surface area contributed by atoms with Crippen LogP contribution in [0.2, 0.25) is 0 Å². The minimum Gasteiger partial charge on any atom is -0.282 e. The third kappa shape index (κ3) is 1.23. The van der Waals surface area contributed by atoms with E-state index in [-0.39, 0.29) is 0 Å². The van der Waals surface area contributed by atoms with E-state index in [1.54, 1.807) is 0 Å². The molecule has 1 rings (SSSR count). The van der Waals surface area contributed by atoms with Gasteiger partial charge in [0.1, 0.15) is 6.17 Å². The third-order valence-electron chi connectivity index (χ3n) is 1.44. The van der Waals surface area contributed by atoms with E-state index in [0.717, 1.165) is 0 Å². The van der Waals surface area contributed by atoms with Gasteiger partial charge in [-0.25, -0.2) is 17.6 Å². The van der Waals surface area contributed by atoms with Gasteiger partial charge in [0, 0.05) is 6.54 Å². The SMILES string of the molecule is FC1CNC(F)C(F)C1F. The Bertz CT molecular complexity index is 106. The number of alkyl halides is 4. The molecule has 0 saturated carbocycles. The van der Waals surface area contributed by atoms with E-state index < -0.39 is 31.4 Å². The molecule has 1 saturated heterocycles. The van der Waals surface area contributed by atoms with Crippen LogP contribution in [0.3, 0.4) is 0 Å². The van der Waals surface area contributed by atoms with Crippen LogP contribution in [-0.4, -0.2) is 31.4 Å². The lowest BCUT2D eigenvalue weighted by Crippen LogP contribution is -2.52. The number of hydrogen-bond donors (Lipinski definition) is 1. The maximum Gasteiger partial charge on any atom is 0.185 e. The van der Waals surface area contributed by atoms with Crippen LogP contribution in [0.1, 0.15) is 0 Å². The van der Waals surface area contributed by atoms with Crippen molar-refractivity contribution in [1.82, 2.24) is 5.32 Å². The first-order chi connectivity index (χ1) is 4.63. The quantitative estimate of drug-likeness (QED) is 0.407. The van der Waals surface area contributed by atoms with Crippen molar-refractivity contribution < 1.29 is 17.6 Å². The third-order valence-corrected chi connectivity index (χ3v) is 1.44. The minimum atomic E-state index is -2.37. The first-order valence-corrected chi connectivity index (χ1v) is 2.92. The normalized spacial score (nSPS) is 49.2. The molecule has 0 spiro atoms. The first kappa shape index (κ1) is 7.78. The van der Waals surface area contributed by atoms with E-state index in [1.165, 1.54) is 0 Å². The molecule has 10 heavy (non-hydrogen) atoms. The predicted molar refractivity (Wildman–Crippen MR) is 27.6 cm³/mol. The maximum absolute atomic E-state index is 12.2. The summed E-state index contributed by atoms with van der Waals surface area (Å²) < 4.78 is 48.6. The second-order valence-electron chi connectivity index (χ2n) is 2.21. The second-order valence-corrected chi connectivity index (χ2v) is 2.21. The molecule has 0 aromatic heterocycles. The molecule has 0 aromatic carbocycles. The lowest BCUT2D eigenvalue weighted by molar-refractivity contribution is -0.0148. The molecule has 1 fully saturated rings. The van der Waals surface area contributed by atoms with Crippen molar-refractivity contribution in [2.24, 2.45) is 0 Å². The highest BCUT2D eigenvalue weighted by molar-refractivity contribution is 4.87. The Morgan fingerprint density at radius 3 is 2.10 bits per heavy atom. The van der Waals surface area contributed by atoms with Crippen LogP contribution in [0, 0.1) is 0 Å². The standard InChI is InChI=1S/C5H7F4N/c6-2-1-10-5(9)4(8)3(2)7/h2-5,10H,1H2. The summed E-state index contributed by atoms with van der Waals surface area (Å²) in [5.41, 5.74) is 0. The van der Waals surface area contributed by atoms with Crippen LogP contribution in [0.25, 0.3) is 0 Å². The molecule has 60 valence electrons. The van der Waals surface area contributed by atoms with Crippen LogP contribution in [-0.2, 0) is 0 Å². The zero-order valence-corrected chi connectivity index (χ0v) is 5.03. The molecule has 0 aromatic rings. The zero-order valence-electron chi connectivity index (χ0n) is 5.03. The van der Waals surface area contributed by atoms with Crippen LogP contribution in [0.4, 0.5) is 17.6 Å². The number of halogens is 4. The second kappa shape index (κ2) is 2.74. The Balaban J connectivity index is 2.52. The molecule has 5 heteroatoms. The summed E-state index contributed by atoms with van der Waals surface area (Å²) in [6, 6.07) is 0. The predicted octanol–water partition coefficient (Wildman–Crippen LogP) is 0.900. The average molecular weight is 157 g/mol. The molecule has 0 radical (unpaired) electrons. The van der Waals surface area contributed by atoms with Gasteiger partial charge in [-0.15, -0.1) is 0 Å². The highest BCUT2D eigenvalue weighted by atomic mass is 19.2. The Hall–Kier alpha value is -0.320. The van der Waals surface area contributed by atoms with E-state index >= 15 is 0 Å². The summed E-state index contributed by atoms with van der Waals surface area (Å²) in [6.45, 7) is -0.456. The molecule has 4 unspecified atom stereocenters. The highest BCUT2D eigenvalue weighted by Gasteiger charge is 2.40. The molecule has 1 aliphatic heterocycles. The van der Waals surface area contributed by atoms with E-state index in [1.807, 2.05) is 5.32 Å². The van der Waals surface area contributed by atoms with Crippen molar-refractivity contribution in [3.8, 4) is 0 Å². The van der Waals surface area contributed by atoms with Gasteiger partial charge in [-0.1, -0.05) is 0 Å². The van der Waals surface area contributed by atoms with Crippen LogP contribution in [0.5, 0.6) is 0 Å². The zero-order chi connectivity index (χ0) is 7.72. The van der Waals surface area contributed by atoms with Gasteiger partial charge in [0.25, 0.3) is 0 Å². The molecule has 1 heterocycles. The van der Waals surface area contributed by atoms with Gasteiger partial charge >= 0.3 is 0 Å². The fraction of sp³-hybridized carbons (Fsp3) is 1.00. The van der Waals surface area contributed by atoms with Gasteiger partial charge in [0.05, 0.1) is 0 Å². The van der Waals surface area contributed by atoms with E-state index in [9.17, 15) is 17.6 Å². The summed E-state index contributed by atoms with van der Waals surface area (Å²) in [7, 11) is 0. The van der Waals surface area contributed by atoms with Crippen molar-refractivity contribution in [2.45, 2.75) is 24.8 Å². The lowest BCUT2D eigenvalue weighted by Gasteiger charge is -2.26. The van der Waals surface area contributed by atoms with E-state index in [0.29, 0.717) is 0 Å². The van der Waals surface area contributed by atoms with Gasteiger partial charge in [-0.05, 0) is 0 Å². The van der Waals surface area contributed by atoms with Crippen molar-refractivity contribution in [3.63, 3.8) is 0 Å². The average Bonchev–Trinajstić information content (AvgIpc) is 1.93. The molecule has 0 bridgehead atoms. The van der Waals surface area contributed by atoms with Gasteiger partial charge in [-0.2, -0.15) is 0 Å². The summed E-state index contributed by atoms with van der Waals surface area (Å²) in [6.07, 6.45) is -8.69. The monoisotopic (exact) mass is 157 g/mol.